The molecule has 0 aliphatic rings. The molecule has 0 saturated carbocycles. The maximum atomic E-state index is 11.6. The van der Waals surface area contributed by atoms with Crippen LogP contribution in [-0.4, -0.2) is 35.2 Å². The maximum Gasteiger partial charge on any atom is 0.238 e. The number of primary sulfonamides is 1. The molecule has 26 heavy (non-hydrogen) atoms. The minimum atomic E-state index is -3.71. The molecule has 0 radical (unpaired) electrons. The van der Waals surface area contributed by atoms with Crippen molar-refractivity contribution < 1.29 is 17.9 Å². The molecule has 0 aliphatic carbocycles. The number of hydrogen-bond acceptors (Lipinski definition) is 5. The predicted octanol–water partition coefficient (Wildman–Crippen LogP) is 2.80. The molecule has 3 N–H and O–H groups in total. The summed E-state index contributed by atoms with van der Waals surface area (Å²) in [6, 6.07) is 12.9. The summed E-state index contributed by atoms with van der Waals surface area (Å²) < 4.78 is 34.4. The normalized spacial score (nSPS) is 12.6. The van der Waals surface area contributed by atoms with E-state index in [1.54, 1.807) is 26.2 Å². The molecule has 8 heteroatoms. The van der Waals surface area contributed by atoms with Crippen LogP contribution < -0.4 is 19.9 Å². The summed E-state index contributed by atoms with van der Waals surface area (Å²) in [6.07, 6.45) is 0. The SMILES string of the molecule is COc1ccccc1OCCNCC(I)c1ccc(C)c(S(N)(=O)=O)c1. The second kappa shape index (κ2) is 9.54. The molecule has 2 aromatic carbocycles. The van der Waals surface area contributed by atoms with Gasteiger partial charge in [-0.05, 0) is 36.2 Å². The first-order valence-corrected chi connectivity index (χ1v) is 10.9. The van der Waals surface area contributed by atoms with Crippen LogP contribution in [0.5, 0.6) is 11.5 Å². The molecule has 0 heterocycles. The summed E-state index contributed by atoms with van der Waals surface area (Å²) in [5, 5.41) is 8.58. The molecule has 2 aromatic rings. The zero-order chi connectivity index (χ0) is 19.2. The third-order valence-corrected chi connectivity index (χ3v) is 6.02. The van der Waals surface area contributed by atoms with Gasteiger partial charge >= 0.3 is 0 Å². The van der Waals surface area contributed by atoms with Gasteiger partial charge in [0.1, 0.15) is 6.61 Å². The van der Waals surface area contributed by atoms with Crippen LogP contribution in [0.2, 0.25) is 0 Å². The Morgan fingerprint density at radius 2 is 1.88 bits per heavy atom. The number of aryl methyl sites for hydroxylation is 1. The molecule has 1 atom stereocenters. The maximum absolute atomic E-state index is 11.6. The zero-order valence-electron chi connectivity index (χ0n) is 14.7. The Kier molecular flexibility index (Phi) is 7.69. The summed E-state index contributed by atoms with van der Waals surface area (Å²) in [5.41, 5.74) is 1.57. The van der Waals surface area contributed by atoms with Crippen molar-refractivity contribution in [3.63, 3.8) is 0 Å². The van der Waals surface area contributed by atoms with Crippen LogP contribution in [0.25, 0.3) is 0 Å². The fourth-order valence-electron chi connectivity index (χ4n) is 2.44. The van der Waals surface area contributed by atoms with Crippen LogP contribution in [0.3, 0.4) is 0 Å². The molecule has 0 aliphatic heterocycles. The van der Waals surface area contributed by atoms with Gasteiger partial charge in [-0.3, -0.25) is 0 Å². The number of nitrogens with two attached hydrogens (primary N) is 1. The van der Waals surface area contributed by atoms with Crippen molar-refractivity contribution in [2.75, 3.05) is 26.8 Å². The number of nitrogens with one attached hydrogen (secondary N) is 1. The lowest BCUT2D eigenvalue weighted by molar-refractivity contribution is 0.293. The average molecular weight is 490 g/mol. The van der Waals surface area contributed by atoms with Crippen molar-refractivity contribution in [2.24, 2.45) is 5.14 Å². The van der Waals surface area contributed by atoms with Crippen molar-refractivity contribution >= 4 is 32.6 Å². The topological polar surface area (TPSA) is 90.7 Å². The molecule has 0 spiro atoms. The molecular weight excluding hydrogens is 467 g/mol. The summed E-state index contributed by atoms with van der Waals surface area (Å²) in [5.74, 6) is 1.41. The van der Waals surface area contributed by atoms with E-state index in [4.69, 9.17) is 14.6 Å². The van der Waals surface area contributed by atoms with E-state index in [9.17, 15) is 8.42 Å². The number of rotatable bonds is 9. The lowest BCUT2D eigenvalue weighted by Crippen LogP contribution is -2.24. The largest absolute Gasteiger partial charge is 0.493 e. The van der Waals surface area contributed by atoms with Crippen LogP contribution in [0.4, 0.5) is 0 Å². The Balaban J connectivity index is 1.85. The summed E-state index contributed by atoms with van der Waals surface area (Å²) in [6.45, 7) is 3.58. The Bertz CT molecular complexity index is 843. The highest BCUT2D eigenvalue weighted by molar-refractivity contribution is 14.1. The Morgan fingerprint density at radius 1 is 1.19 bits per heavy atom. The fourth-order valence-corrected chi connectivity index (χ4v) is 3.95. The van der Waals surface area contributed by atoms with E-state index in [0.717, 1.165) is 5.56 Å². The summed E-state index contributed by atoms with van der Waals surface area (Å²) in [4.78, 5) is 0.177. The molecule has 142 valence electrons. The van der Waals surface area contributed by atoms with E-state index in [1.807, 2.05) is 30.3 Å². The highest BCUT2D eigenvalue weighted by atomic mass is 127. The van der Waals surface area contributed by atoms with Crippen LogP contribution in [0, 0.1) is 6.92 Å². The van der Waals surface area contributed by atoms with Gasteiger partial charge in [0.2, 0.25) is 10.0 Å². The van der Waals surface area contributed by atoms with Gasteiger partial charge in [-0.25, -0.2) is 13.6 Å². The second-order valence-electron chi connectivity index (χ2n) is 5.74. The van der Waals surface area contributed by atoms with Crippen molar-refractivity contribution in [2.45, 2.75) is 15.7 Å². The third-order valence-electron chi connectivity index (χ3n) is 3.81. The van der Waals surface area contributed by atoms with Crippen molar-refractivity contribution in [1.82, 2.24) is 5.32 Å². The number of hydrogen-bond donors (Lipinski definition) is 2. The Labute approximate surface area is 168 Å². The lowest BCUT2D eigenvalue weighted by Gasteiger charge is -2.14. The van der Waals surface area contributed by atoms with Gasteiger partial charge < -0.3 is 14.8 Å². The highest BCUT2D eigenvalue weighted by Gasteiger charge is 2.15. The van der Waals surface area contributed by atoms with E-state index < -0.39 is 10.0 Å². The predicted molar refractivity (Wildman–Crippen MR) is 111 cm³/mol. The number of benzene rings is 2. The lowest BCUT2D eigenvalue weighted by atomic mass is 10.1. The van der Waals surface area contributed by atoms with Crippen LogP contribution >= 0.6 is 22.6 Å². The average Bonchev–Trinajstić information content (AvgIpc) is 2.61. The molecular formula is C18H23IN2O4S. The molecule has 0 aromatic heterocycles. The van der Waals surface area contributed by atoms with Crippen LogP contribution in [0.15, 0.2) is 47.4 Å². The van der Waals surface area contributed by atoms with Crippen molar-refractivity contribution in [3.05, 3.63) is 53.6 Å². The molecule has 0 bridgehead atoms. The van der Waals surface area contributed by atoms with Crippen molar-refractivity contribution in [1.29, 1.82) is 0 Å². The first kappa shape index (κ1) is 20.9. The first-order chi connectivity index (χ1) is 12.3. The van der Waals surface area contributed by atoms with E-state index in [2.05, 4.69) is 27.9 Å². The second-order valence-corrected chi connectivity index (χ2v) is 8.77. The van der Waals surface area contributed by atoms with Gasteiger partial charge in [-0.1, -0.05) is 46.9 Å². The number of alkyl halides is 1. The molecule has 1 unspecified atom stereocenters. The summed E-state index contributed by atoms with van der Waals surface area (Å²) >= 11 is 2.28. The Hall–Kier alpha value is -1.36. The number of halogens is 1. The third kappa shape index (κ3) is 5.83. The number of methoxy groups -OCH3 is 1. The molecule has 0 fully saturated rings. The van der Waals surface area contributed by atoms with Gasteiger partial charge in [0, 0.05) is 17.0 Å². The molecule has 6 nitrogen and oxygen atoms in total. The van der Waals surface area contributed by atoms with Gasteiger partial charge in [-0.15, -0.1) is 0 Å². The number of ether oxygens (including phenoxy) is 2. The minimum Gasteiger partial charge on any atom is -0.493 e. The highest BCUT2D eigenvalue weighted by Crippen LogP contribution is 2.27. The van der Waals surface area contributed by atoms with E-state index in [0.29, 0.717) is 36.8 Å². The zero-order valence-corrected chi connectivity index (χ0v) is 17.7. The first-order valence-electron chi connectivity index (χ1n) is 8.07. The van der Waals surface area contributed by atoms with Crippen LogP contribution in [-0.2, 0) is 10.0 Å². The minimum absolute atomic E-state index is 0.111. The molecule has 0 amide bonds. The molecule has 2 rings (SSSR count). The monoisotopic (exact) mass is 490 g/mol. The number of sulfonamides is 1. The smallest absolute Gasteiger partial charge is 0.238 e. The van der Waals surface area contributed by atoms with Gasteiger partial charge in [0.25, 0.3) is 0 Å². The Morgan fingerprint density at radius 3 is 2.54 bits per heavy atom. The van der Waals surface area contributed by atoms with Crippen LogP contribution in [0.1, 0.15) is 15.1 Å². The number of para-hydroxylation sites is 2. The van der Waals surface area contributed by atoms with Gasteiger partial charge in [0.05, 0.1) is 12.0 Å². The molecule has 0 saturated heterocycles. The van der Waals surface area contributed by atoms with E-state index in [-0.39, 0.29) is 8.82 Å². The van der Waals surface area contributed by atoms with E-state index >= 15 is 0 Å². The quantitative estimate of drug-likeness (QED) is 0.321. The van der Waals surface area contributed by atoms with Gasteiger partial charge in [-0.2, -0.15) is 0 Å². The summed E-state index contributed by atoms with van der Waals surface area (Å²) in [7, 11) is -2.10. The van der Waals surface area contributed by atoms with Crippen molar-refractivity contribution in [3.8, 4) is 11.5 Å². The standard InChI is InChI=1S/C18H23IN2O4S/c1-13-7-8-14(11-18(13)26(20,22)23)15(19)12-21-9-10-25-17-6-4-3-5-16(17)24-2/h3-8,11,15,21H,9-10,12H2,1-2H3,(H2,20,22,23). The van der Waals surface area contributed by atoms with E-state index in [1.165, 1.54) is 0 Å². The fraction of sp³-hybridized carbons (Fsp3) is 0.333. The van der Waals surface area contributed by atoms with Gasteiger partial charge in [0.15, 0.2) is 11.5 Å².